The van der Waals surface area contributed by atoms with Crippen LogP contribution in [0.15, 0.2) is 12.1 Å². The maximum atomic E-state index is 11.6. The molecule has 1 saturated heterocycles. The zero-order valence-corrected chi connectivity index (χ0v) is 22.6. The van der Waals surface area contributed by atoms with Crippen LogP contribution in [0.5, 0.6) is 11.5 Å². The van der Waals surface area contributed by atoms with Crippen LogP contribution in [-0.2, 0) is 16.6 Å². The van der Waals surface area contributed by atoms with Crippen molar-refractivity contribution in [3.63, 3.8) is 0 Å². The minimum Gasteiger partial charge on any atom is -0.504 e. The fourth-order valence-corrected chi connectivity index (χ4v) is 8.82. The number of phenols is 1. The van der Waals surface area contributed by atoms with Crippen LogP contribution in [0, 0.1) is 16.7 Å². The number of nitrogens with zero attached hydrogens (tertiary/aromatic N) is 1. The number of aromatic hydroxyl groups is 1. The molecule has 1 aromatic rings. The van der Waals surface area contributed by atoms with Crippen LogP contribution in [0.25, 0.3) is 0 Å². The molecule has 0 radical (unpaired) electrons. The number of hydrogen-bond acceptors (Lipinski definition) is 5. The molecular weight excluding hydrogens is 438 g/mol. The number of phenolic OH excluding ortho intramolecular Hbond substituents is 1. The van der Waals surface area contributed by atoms with E-state index in [1.54, 1.807) is 0 Å². The van der Waals surface area contributed by atoms with Crippen molar-refractivity contribution < 1.29 is 19.7 Å². The molecule has 2 heterocycles. The molecule has 5 aliphatic rings. The van der Waals surface area contributed by atoms with Crippen molar-refractivity contribution in [3.05, 3.63) is 23.3 Å². The van der Waals surface area contributed by atoms with Crippen molar-refractivity contribution >= 4 is 0 Å². The van der Waals surface area contributed by atoms with Gasteiger partial charge in [0.2, 0.25) is 0 Å². The summed E-state index contributed by atoms with van der Waals surface area (Å²) >= 11 is 0. The van der Waals surface area contributed by atoms with Crippen molar-refractivity contribution in [2.45, 2.75) is 115 Å². The molecule has 6 atom stereocenters. The lowest BCUT2D eigenvalue weighted by molar-refractivity contribution is -0.218. The molecule has 0 aromatic heterocycles. The number of piperidine rings is 1. The lowest BCUT2D eigenvalue weighted by Gasteiger charge is -2.70. The Labute approximate surface area is 211 Å². The van der Waals surface area contributed by atoms with Gasteiger partial charge in [0.1, 0.15) is 5.60 Å². The summed E-state index contributed by atoms with van der Waals surface area (Å²) in [4.78, 5) is 2.82. The van der Waals surface area contributed by atoms with Gasteiger partial charge in [-0.25, -0.2) is 0 Å². The number of benzene rings is 1. The Morgan fingerprint density at radius 2 is 1.89 bits per heavy atom. The molecule has 35 heavy (non-hydrogen) atoms. The highest BCUT2D eigenvalue weighted by Gasteiger charge is 2.77. The summed E-state index contributed by atoms with van der Waals surface area (Å²) in [5.41, 5.74) is 0.878. The molecule has 2 aliphatic heterocycles. The quantitative estimate of drug-likeness (QED) is 0.583. The summed E-state index contributed by atoms with van der Waals surface area (Å²) in [7, 11) is 1.82. The molecule has 3 aliphatic carbocycles. The van der Waals surface area contributed by atoms with E-state index in [2.05, 4.69) is 38.7 Å². The Hall–Kier alpha value is -1.30. The van der Waals surface area contributed by atoms with E-state index in [4.69, 9.17) is 9.47 Å². The van der Waals surface area contributed by atoms with Gasteiger partial charge < -0.3 is 19.7 Å². The number of rotatable bonds is 6. The maximum absolute atomic E-state index is 11.6. The molecule has 5 heteroatoms. The molecule has 6 unspecified atom stereocenters. The normalized spacial score (nSPS) is 39.6. The molecule has 2 saturated carbocycles. The Bertz CT molecular complexity index is 1030. The highest BCUT2D eigenvalue weighted by Crippen LogP contribution is 2.74. The van der Waals surface area contributed by atoms with Gasteiger partial charge in [0.05, 0.1) is 11.7 Å². The first-order valence-corrected chi connectivity index (χ1v) is 13.9. The van der Waals surface area contributed by atoms with E-state index in [0.717, 1.165) is 51.0 Å². The van der Waals surface area contributed by atoms with E-state index >= 15 is 0 Å². The molecule has 1 aromatic carbocycles. The van der Waals surface area contributed by atoms with Crippen molar-refractivity contribution in [2.75, 3.05) is 20.2 Å². The number of hydrogen-bond donors (Lipinski definition) is 2. The minimum absolute atomic E-state index is 0.0212. The van der Waals surface area contributed by atoms with Crippen LogP contribution in [0.3, 0.4) is 0 Å². The van der Waals surface area contributed by atoms with Crippen LogP contribution >= 0.6 is 0 Å². The van der Waals surface area contributed by atoms with Gasteiger partial charge in [-0.2, -0.15) is 0 Å². The fraction of sp³-hybridized carbons (Fsp3) is 0.800. The highest BCUT2D eigenvalue weighted by atomic mass is 16.6. The second-order valence-corrected chi connectivity index (χ2v) is 13.9. The Morgan fingerprint density at radius 1 is 1.14 bits per heavy atom. The minimum atomic E-state index is -0.760. The first kappa shape index (κ1) is 24.1. The zero-order valence-electron chi connectivity index (χ0n) is 22.6. The molecule has 5 nitrogen and oxygen atoms in total. The summed E-state index contributed by atoms with van der Waals surface area (Å²) in [6.07, 6.45) is 8.49. The van der Waals surface area contributed by atoms with Gasteiger partial charge in [-0.1, -0.05) is 26.8 Å². The van der Waals surface area contributed by atoms with Crippen molar-refractivity contribution in [2.24, 2.45) is 16.7 Å². The molecule has 2 N–H and O–H groups in total. The average Bonchev–Trinajstić information content (AvgIpc) is 3.55. The largest absolute Gasteiger partial charge is 0.504 e. The predicted octanol–water partition coefficient (Wildman–Crippen LogP) is 5.19. The van der Waals surface area contributed by atoms with E-state index in [1.807, 2.05) is 20.1 Å². The third-order valence-corrected chi connectivity index (χ3v) is 11.5. The highest BCUT2D eigenvalue weighted by molar-refractivity contribution is 5.63. The van der Waals surface area contributed by atoms with Crippen LogP contribution in [0.1, 0.15) is 90.7 Å². The van der Waals surface area contributed by atoms with Crippen molar-refractivity contribution in [1.82, 2.24) is 4.90 Å². The lowest BCUT2D eigenvalue weighted by Crippen LogP contribution is -2.77. The number of ether oxygens (including phenoxy) is 2. The van der Waals surface area contributed by atoms with Gasteiger partial charge in [0.15, 0.2) is 11.5 Å². The fourth-order valence-electron chi connectivity index (χ4n) is 8.82. The lowest BCUT2D eigenvalue weighted by atomic mass is 9.38. The second kappa shape index (κ2) is 7.39. The van der Waals surface area contributed by atoms with E-state index < -0.39 is 11.2 Å². The van der Waals surface area contributed by atoms with Gasteiger partial charge in [-0.15, -0.1) is 0 Å². The van der Waals surface area contributed by atoms with Crippen LogP contribution < -0.4 is 4.74 Å². The zero-order chi connectivity index (χ0) is 25.0. The monoisotopic (exact) mass is 483 g/mol. The third kappa shape index (κ3) is 2.98. The van der Waals surface area contributed by atoms with Crippen molar-refractivity contribution in [1.29, 1.82) is 0 Å². The molecule has 1 spiro atoms. The first-order valence-electron chi connectivity index (χ1n) is 13.9. The van der Waals surface area contributed by atoms with Gasteiger partial charge in [-0.05, 0) is 94.7 Å². The molecule has 2 bridgehead atoms. The summed E-state index contributed by atoms with van der Waals surface area (Å²) in [5.74, 6) is 1.81. The standard InChI is InChI=1S/C30H45NO4/c1-26(2,3)27(4,33)13-14-29-12-11-23(34-6)28(5)30(29)15-16-31(18-19-7-8-19)22(29)17-20-9-10-21(32)25(35-28)24(20)30/h9-10,19,22-23,32-33H,7-8,11-18H2,1-6H3. The average molecular weight is 484 g/mol. The SMILES string of the molecule is COC1CCC2(CCC(C)(O)C(C)(C)C)C3Cc4ccc(O)c5c4C2(CCN3CC2CC2)C1(C)O5. The smallest absolute Gasteiger partial charge is 0.166 e. The first-order chi connectivity index (χ1) is 16.4. The van der Waals surface area contributed by atoms with Gasteiger partial charge in [0, 0.05) is 36.1 Å². The number of likely N-dealkylation sites (tertiary alicyclic amines) is 1. The summed E-state index contributed by atoms with van der Waals surface area (Å²) in [6, 6.07) is 4.42. The van der Waals surface area contributed by atoms with Gasteiger partial charge in [-0.3, -0.25) is 4.90 Å². The Kier molecular flexibility index (Phi) is 5.08. The van der Waals surface area contributed by atoms with Gasteiger partial charge in [0.25, 0.3) is 0 Å². The maximum Gasteiger partial charge on any atom is 0.166 e. The molecular formula is C30H45NO4. The van der Waals surface area contributed by atoms with Gasteiger partial charge >= 0.3 is 0 Å². The number of aliphatic hydroxyl groups is 1. The van der Waals surface area contributed by atoms with E-state index in [1.165, 1.54) is 30.5 Å². The second-order valence-electron chi connectivity index (χ2n) is 13.9. The van der Waals surface area contributed by atoms with Crippen molar-refractivity contribution in [3.8, 4) is 11.5 Å². The predicted molar refractivity (Wildman–Crippen MR) is 137 cm³/mol. The van der Waals surface area contributed by atoms with E-state index in [9.17, 15) is 10.2 Å². The summed E-state index contributed by atoms with van der Waals surface area (Å²) in [6.45, 7) is 13.0. The summed E-state index contributed by atoms with van der Waals surface area (Å²) < 4.78 is 13.1. The summed E-state index contributed by atoms with van der Waals surface area (Å²) in [5, 5.41) is 22.6. The Morgan fingerprint density at radius 3 is 2.54 bits per heavy atom. The van der Waals surface area contributed by atoms with Crippen LogP contribution in [-0.4, -0.2) is 58.7 Å². The van der Waals surface area contributed by atoms with Crippen LogP contribution in [0.4, 0.5) is 0 Å². The number of methoxy groups -OCH3 is 1. The molecule has 0 amide bonds. The molecule has 6 rings (SSSR count). The topological polar surface area (TPSA) is 62.2 Å². The Balaban J connectivity index is 1.54. The molecule has 194 valence electrons. The molecule has 3 fully saturated rings. The third-order valence-electron chi connectivity index (χ3n) is 11.5. The van der Waals surface area contributed by atoms with E-state index in [0.29, 0.717) is 11.8 Å². The van der Waals surface area contributed by atoms with Crippen LogP contribution in [0.2, 0.25) is 0 Å². The van der Waals surface area contributed by atoms with E-state index in [-0.39, 0.29) is 28.1 Å².